The first-order valence-electron chi connectivity index (χ1n) is 6.56. The molecule has 1 atom stereocenters. The number of halogens is 1. The highest BCUT2D eigenvalue weighted by atomic mass is 35.5. The van der Waals surface area contributed by atoms with Crippen LogP contribution in [0.2, 0.25) is 5.02 Å². The first kappa shape index (κ1) is 13.6. The summed E-state index contributed by atoms with van der Waals surface area (Å²) in [6.07, 6.45) is 0. The van der Waals surface area contributed by atoms with Gasteiger partial charge < -0.3 is 10.2 Å². The summed E-state index contributed by atoms with van der Waals surface area (Å²) >= 11 is 5.96. The fraction of sp³-hybridized carbons (Fsp3) is 0.125. The summed E-state index contributed by atoms with van der Waals surface area (Å²) in [5.41, 5.74) is 1.39. The van der Waals surface area contributed by atoms with Gasteiger partial charge >= 0.3 is 0 Å². The molecule has 4 nitrogen and oxygen atoms in total. The summed E-state index contributed by atoms with van der Waals surface area (Å²) in [5.74, 6) is -0.355. The van der Waals surface area contributed by atoms with E-state index in [1.165, 1.54) is 4.90 Å². The minimum atomic E-state index is -0.661. The van der Waals surface area contributed by atoms with Crippen LogP contribution in [0.4, 0.5) is 5.69 Å². The lowest BCUT2D eigenvalue weighted by molar-refractivity contribution is -0.131. The first-order chi connectivity index (χ1) is 10.1. The molecule has 1 aliphatic heterocycles. The largest absolute Gasteiger partial charge is 0.339 e. The van der Waals surface area contributed by atoms with Crippen molar-refractivity contribution in [3.63, 3.8) is 0 Å². The molecule has 1 unspecified atom stereocenters. The number of rotatable bonds is 2. The van der Waals surface area contributed by atoms with E-state index in [4.69, 9.17) is 11.6 Å². The van der Waals surface area contributed by atoms with E-state index in [0.29, 0.717) is 10.7 Å². The molecule has 0 radical (unpaired) electrons. The number of nitrogens with zero attached hydrogens (tertiary/aromatic N) is 1. The minimum Gasteiger partial charge on any atom is -0.339 e. The summed E-state index contributed by atoms with van der Waals surface area (Å²) in [6.45, 7) is 0.00249. The molecule has 0 aliphatic carbocycles. The first-order valence-corrected chi connectivity index (χ1v) is 6.94. The van der Waals surface area contributed by atoms with Gasteiger partial charge in [0.25, 0.3) is 5.91 Å². The predicted molar refractivity (Wildman–Crippen MR) is 81.1 cm³/mol. The Morgan fingerprint density at radius 1 is 1.05 bits per heavy atom. The van der Waals surface area contributed by atoms with Crippen molar-refractivity contribution in [1.29, 1.82) is 0 Å². The molecule has 3 rings (SSSR count). The van der Waals surface area contributed by atoms with Gasteiger partial charge in [-0.3, -0.25) is 9.59 Å². The van der Waals surface area contributed by atoms with Gasteiger partial charge in [0, 0.05) is 10.7 Å². The molecule has 21 heavy (non-hydrogen) atoms. The number of carbonyl (C=O) groups is 2. The fourth-order valence-electron chi connectivity index (χ4n) is 2.38. The maximum Gasteiger partial charge on any atom is 0.254 e. The number of hydrogen-bond donors (Lipinski definition) is 1. The molecule has 1 saturated heterocycles. The topological polar surface area (TPSA) is 49.4 Å². The van der Waals surface area contributed by atoms with Crippen molar-refractivity contribution in [2.45, 2.75) is 6.04 Å². The molecular weight excluding hydrogens is 288 g/mol. The number of carbonyl (C=O) groups excluding carboxylic acids is 2. The molecule has 2 aromatic carbocycles. The summed E-state index contributed by atoms with van der Waals surface area (Å²) in [5, 5.41) is 3.26. The molecule has 0 aromatic heterocycles. The van der Waals surface area contributed by atoms with E-state index >= 15 is 0 Å². The van der Waals surface area contributed by atoms with E-state index in [2.05, 4.69) is 5.32 Å². The lowest BCUT2D eigenvalue weighted by Crippen LogP contribution is -2.53. The fourth-order valence-corrected chi connectivity index (χ4v) is 2.56. The van der Waals surface area contributed by atoms with Crippen LogP contribution in [0, 0.1) is 0 Å². The summed E-state index contributed by atoms with van der Waals surface area (Å²) < 4.78 is 0. The Bertz CT molecular complexity index is 688. The molecule has 0 saturated carbocycles. The molecule has 106 valence electrons. The molecule has 2 amide bonds. The number of amides is 2. The molecule has 1 heterocycles. The third-order valence-corrected chi connectivity index (χ3v) is 3.61. The summed E-state index contributed by atoms with van der Waals surface area (Å²) in [4.78, 5) is 26.0. The van der Waals surface area contributed by atoms with Crippen molar-refractivity contribution < 1.29 is 9.59 Å². The van der Waals surface area contributed by atoms with Crippen molar-refractivity contribution in [2.24, 2.45) is 0 Å². The number of benzene rings is 2. The molecular formula is C16H13ClN2O2. The lowest BCUT2D eigenvalue weighted by Gasteiger charge is -2.32. The van der Waals surface area contributed by atoms with E-state index in [-0.39, 0.29) is 18.4 Å². The van der Waals surface area contributed by atoms with Crippen molar-refractivity contribution in [3.05, 3.63) is 65.2 Å². The van der Waals surface area contributed by atoms with Crippen LogP contribution in [-0.4, -0.2) is 18.4 Å². The summed E-state index contributed by atoms with van der Waals surface area (Å²) in [6, 6.07) is 15.5. The molecule has 5 heteroatoms. The highest BCUT2D eigenvalue weighted by molar-refractivity contribution is 6.31. The van der Waals surface area contributed by atoms with Gasteiger partial charge in [-0.15, -0.1) is 0 Å². The molecule has 1 aliphatic rings. The van der Waals surface area contributed by atoms with Crippen molar-refractivity contribution in [2.75, 3.05) is 11.4 Å². The number of piperazine rings is 1. The average Bonchev–Trinajstić information content (AvgIpc) is 2.50. The van der Waals surface area contributed by atoms with Crippen LogP contribution < -0.4 is 10.2 Å². The standard InChI is InChI=1S/C16H13ClN2O2/c17-12-7-4-8-13(9-12)19-10-14(20)18-15(16(19)21)11-5-2-1-3-6-11/h1-9,15H,10H2,(H,18,20). The van der Waals surface area contributed by atoms with Crippen LogP contribution in [0.25, 0.3) is 0 Å². The average molecular weight is 301 g/mol. The van der Waals surface area contributed by atoms with Gasteiger partial charge in [0.05, 0.1) is 0 Å². The van der Waals surface area contributed by atoms with E-state index in [9.17, 15) is 9.59 Å². The Morgan fingerprint density at radius 2 is 1.81 bits per heavy atom. The normalized spacial score (nSPS) is 18.5. The molecule has 0 bridgehead atoms. The summed E-state index contributed by atoms with van der Waals surface area (Å²) in [7, 11) is 0. The highest BCUT2D eigenvalue weighted by Gasteiger charge is 2.34. The second-order valence-corrected chi connectivity index (χ2v) is 5.25. The predicted octanol–water partition coefficient (Wildman–Crippen LogP) is 2.54. The van der Waals surface area contributed by atoms with Gasteiger partial charge in [-0.1, -0.05) is 48.0 Å². The van der Waals surface area contributed by atoms with Gasteiger partial charge in [-0.2, -0.15) is 0 Å². The Kier molecular flexibility index (Phi) is 3.62. The third-order valence-electron chi connectivity index (χ3n) is 3.37. The number of nitrogens with one attached hydrogen (secondary N) is 1. The zero-order valence-electron chi connectivity index (χ0n) is 11.1. The molecule has 0 spiro atoms. The Hall–Kier alpha value is -2.33. The van der Waals surface area contributed by atoms with Gasteiger partial charge in [0.15, 0.2) is 0 Å². The van der Waals surface area contributed by atoms with E-state index < -0.39 is 6.04 Å². The number of hydrogen-bond acceptors (Lipinski definition) is 2. The maximum atomic E-state index is 12.7. The van der Waals surface area contributed by atoms with Gasteiger partial charge in [0.2, 0.25) is 5.91 Å². The quantitative estimate of drug-likeness (QED) is 0.926. The van der Waals surface area contributed by atoms with E-state index in [0.717, 1.165) is 5.56 Å². The Labute approximate surface area is 127 Å². The van der Waals surface area contributed by atoms with Gasteiger partial charge in [-0.25, -0.2) is 0 Å². The van der Waals surface area contributed by atoms with E-state index in [1.807, 2.05) is 30.3 Å². The minimum absolute atomic E-state index is 0.00249. The smallest absolute Gasteiger partial charge is 0.254 e. The SMILES string of the molecule is O=C1CN(c2cccc(Cl)c2)C(=O)C(c2ccccc2)N1. The van der Waals surface area contributed by atoms with Crippen LogP contribution in [-0.2, 0) is 9.59 Å². The van der Waals surface area contributed by atoms with Crippen molar-refractivity contribution >= 4 is 29.1 Å². The zero-order valence-corrected chi connectivity index (χ0v) is 11.9. The van der Waals surface area contributed by atoms with Crippen LogP contribution in [0.5, 0.6) is 0 Å². The van der Waals surface area contributed by atoms with Crippen LogP contribution in [0.1, 0.15) is 11.6 Å². The molecule has 1 N–H and O–H groups in total. The van der Waals surface area contributed by atoms with Crippen molar-refractivity contribution in [1.82, 2.24) is 5.32 Å². The lowest BCUT2D eigenvalue weighted by atomic mass is 10.0. The van der Waals surface area contributed by atoms with E-state index in [1.54, 1.807) is 24.3 Å². The second-order valence-electron chi connectivity index (χ2n) is 4.82. The molecule has 2 aromatic rings. The van der Waals surface area contributed by atoms with Gasteiger partial charge in [-0.05, 0) is 23.8 Å². The monoisotopic (exact) mass is 300 g/mol. The van der Waals surface area contributed by atoms with Crippen molar-refractivity contribution in [3.8, 4) is 0 Å². The second kappa shape index (κ2) is 5.58. The van der Waals surface area contributed by atoms with Crippen LogP contribution in [0.3, 0.4) is 0 Å². The maximum absolute atomic E-state index is 12.7. The Balaban J connectivity index is 1.96. The zero-order chi connectivity index (χ0) is 14.8. The van der Waals surface area contributed by atoms with Gasteiger partial charge in [0.1, 0.15) is 12.6 Å². The number of anilines is 1. The highest BCUT2D eigenvalue weighted by Crippen LogP contribution is 2.26. The van der Waals surface area contributed by atoms with Crippen LogP contribution in [0.15, 0.2) is 54.6 Å². The molecule has 1 fully saturated rings. The Morgan fingerprint density at radius 3 is 2.52 bits per heavy atom. The third kappa shape index (κ3) is 2.76. The van der Waals surface area contributed by atoms with Crippen LogP contribution >= 0.6 is 11.6 Å².